The third-order valence-electron chi connectivity index (χ3n) is 16.1. The van der Waals surface area contributed by atoms with Crippen molar-refractivity contribution in [3.8, 4) is 0 Å². The van der Waals surface area contributed by atoms with E-state index in [1.807, 2.05) is 107 Å². The Kier molecular flexibility index (Phi) is 34.9. The Labute approximate surface area is 536 Å². The molecule has 0 aromatic carbocycles. The molecular weight excluding hydrogens is 1150 g/mol. The normalized spacial score (nSPS) is 16.9. The van der Waals surface area contributed by atoms with Gasteiger partial charge in [-0.25, -0.2) is 0 Å². The molecule has 0 bridgehead atoms. The smallest absolute Gasteiger partial charge is 0.253 e. The molecule has 0 aliphatic heterocycles. The lowest BCUT2D eigenvalue weighted by atomic mass is 9.92. The molecule has 7 amide bonds. The Morgan fingerprint density at radius 3 is 1.77 bits per heavy atom. The largest absolute Gasteiger partial charge is 0.391 e. The average molecular weight is 1270 g/mol. The molecule has 1 aromatic rings. The zero-order valence-corrected chi connectivity index (χ0v) is 57.8. The number of amides is 7. The minimum absolute atomic E-state index is 0.0350. The van der Waals surface area contributed by atoms with Crippen LogP contribution in [0.3, 0.4) is 0 Å². The predicted octanol–water partition coefficient (Wildman–Crippen LogP) is 4.42. The van der Waals surface area contributed by atoms with Crippen molar-refractivity contribution in [2.45, 2.75) is 228 Å². The molecule has 0 saturated heterocycles. The van der Waals surface area contributed by atoms with Gasteiger partial charge in [0.1, 0.15) is 24.5 Å². The Hall–Kier alpha value is -6.34. The van der Waals surface area contributed by atoms with Crippen LogP contribution in [0, 0.1) is 42.4 Å². The van der Waals surface area contributed by atoms with Gasteiger partial charge in [-0.05, 0) is 132 Å². The second-order valence-corrected chi connectivity index (χ2v) is 26.6. The van der Waals surface area contributed by atoms with Crippen molar-refractivity contribution in [2.75, 3.05) is 48.3 Å². The number of aliphatic hydroxyl groups is 1. The molecule has 0 fully saturated rings. The van der Waals surface area contributed by atoms with Gasteiger partial charge in [0.05, 0.1) is 36.5 Å². The molecule has 0 radical (unpaired) electrons. The highest BCUT2D eigenvalue weighted by atomic mass is 16.5. The summed E-state index contributed by atoms with van der Waals surface area (Å²) < 4.78 is 6.33. The second kappa shape index (κ2) is 38.5. The summed E-state index contributed by atoms with van der Waals surface area (Å²) in [6.07, 6.45) is 5.76. The number of allylic oxidation sites excluding steroid dienone is 1. The molecule has 1 heterocycles. The van der Waals surface area contributed by atoms with E-state index in [1.54, 1.807) is 13.8 Å². The molecule has 0 saturated carbocycles. The number of aryl methyl sites for hydroxylation is 1. The summed E-state index contributed by atoms with van der Waals surface area (Å²) in [6.45, 7) is 26.3. The first-order chi connectivity index (χ1) is 41.9. The summed E-state index contributed by atoms with van der Waals surface area (Å²) in [5.74, 6) is -6.11. The minimum Gasteiger partial charge on any atom is -0.391 e. The zero-order valence-electron chi connectivity index (χ0n) is 57.8. The van der Waals surface area contributed by atoms with Gasteiger partial charge in [0.2, 0.25) is 35.4 Å². The number of aldehydes is 4. The maximum atomic E-state index is 15.1. The van der Waals surface area contributed by atoms with E-state index in [-0.39, 0.29) is 87.1 Å². The van der Waals surface area contributed by atoms with Crippen LogP contribution >= 0.6 is 0 Å². The first-order valence-corrected chi connectivity index (χ1v) is 31.9. The maximum Gasteiger partial charge on any atom is 0.253 e. The van der Waals surface area contributed by atoms with Gasteiger partial charge in [0, 0.05) is 47.4 Å². The van der Waals surface area contributed by atoms with Gasteiger partial charge < -0.3 is 55.5 Å². The molecule has 1 rings (SSSR count). The average Bonchev–Trinajstić information content (AvgIpc) is 0.840. The van der Waals surface area contributed by atoms with E-state index in [1.165, 1.54) is 58.9 Å². The number of ether oxygens (including phenoxy) is 1. The van der Waals surface area contributed by atoms with Crippen LogP contribution in [0.2, 0.25) is 0 Å². The summed E-state index contributed by atoms with van der Waals surface area (Å²) in [5.41, 5.74) is 1.90. The first-order valence-electron chi connectivity index (χ1n) is 31.9. The number of carbonyl (C=O) groups excluding carboxylic acids is 11. The lowest BCUT2D eigenvalue weighted by Gasteiger charge is -2.45. The molecule has 7 N–H and O–H groups in total. The van der Waals surface area contributed by atoms with Gasteiger partial charge in [0.15, 0.2) is 35.9 Å². The zero-order chi connectivity index (χ0) is 69.2. The fourth-order valence-electron chi connectivity index (χ4n) is 11.1. The van der Waals surface area contributed by atoms with Crippen LogP contribution in [0.25, 0.3) is 6.08 Å². The van der Waals surface area contributed by atoms with Crippen LogP contribution in [-0.4, -0.2) is 209 Å². The molecule has 12 atom stereocenters. The Morgan fingerprint density at radius 1 is 0.700 bits per heavy atom. The monoisotopic (exact) mass is 1270 g/mol. The summed E-state index contributed by atoms with van der Waals surface area (Å²) in [4.78, 5) is 161. The van der Waals surface area contributed by atoms with E-state index >= 15 is 4.79 Å². The highest BCUT2D eigenvalue weighted by Crippen LogP contribution is 2.28. The third kappa shape index (κ3) is 25.0. The van der Waals surface area contributed by atoms with Crippen molar-refractivity contribution < 1.29 is 62.6 Å². The Balaban J connectivity index is 3.55. The van der Waals surface area contributed by atoms with Crippen LogP contribution in [-0.2, 0) is 57.5 Å². The fourth-order valence-corrected chi connectivity index (χ4v) is 11.1. The number of primary amides is 1. The van der Waals surface area contributed by atoms with Gasteiger partial charge in [-0.2, -0.15) is 0 Å². The lowest BCUT2D eigenvalue weighted by Crippen LogP contribution is -2.69. The minimum atomic E-state index is -2.11. The van der Waals surface area contributed by atoms with Crippen LogP contribution in [0.5, 0.6) is 0 Å². The van der Waals surface area contributed by atoms with Gasteiger partial charge in [0.25, 0.3) is 5.91 Å². The number of pyridine rings is 1. The summed E-state index contributed by atoms with van der Waals surface area (Å²) in [6, 6.07) is -0.0772. The number of hydrogen-bond donors (Lipinski definition) is 6. The van der Waals surface area contributed by atoms with E-state index in [4.69, 9.17) is 10.5 Å². The quantitative estimate of drug-likeness (QED) is 0.0389. The van der Waals surface area contributed by atoms with Crippen molar-refractivity contribution in [1.82, 2.24) is 50.8 Å². The molecule has 0 aliphatic carbocycles. The standard InChI is InChI=1S/C66H113N11O13/c1-21-25-52(68-36-47(12)32-51(38-78)70-65(40-80,34-43(5)6)76(19)56(84)37-73(16)55(83)26-22-2)60(86)72-64(15,39-79)90-58(45(9)10)63(89)77(20)66(41-81,35-44(7)8)71-53(31-42(3)4)61(87)75(18)57(49(14)82)62(88)74(17)54(59(67)85)33-46(11)27-23-29-50-30-24-28-48(13)69-50/h23-24,28-30,38-47,49,51-54,57-58,68,70-71,82H,21-22,25-27,31-37H2,1-20H3,(H2,67,85)(H,72,86). The van der Waals surface area contributed by atoms with Crippen LogP contribution in [0.4, 0.5) is 0 Å². The van der Waals surface area contributed by atoms with E-state index < -0.39 is 101 Å². The fraction of sp³-hybridized carbons (Fsp3) is 0.727. The number of aliphatic hydroxyl groups excluding tert-OH is 1. The van der Waals surface area contributed by atoms with Crippen molar-refractivity contribution in [3.05, 3.63) is 35.7 Å². The van der Waals surface area contributed by atoms with Gasteiger partial charge in [-0.1, -0.05) is 102 Å². The number of hydrogen-bond acceptors (Lipinski definition) is 17. The second-order valence-electron chi connectivity index (χ2n) is 26.6. The van der Waals surface area contributed by atoms with Crippen molar-refractivity contribution in [2.24, 2.45) is 41.2 Å². The molecular formula is C66H113N11O13. The number of nitrogens with two attached hydrogens (primary N) is 1. The van der Waals surface area contributed by atoms with Crippen molar-refractivity contribution in [1.29, 1.82) is 0 Å². The Morgan fingerprint density at radius 2 is 1.29 bits per heavy atom. The van der Waals surface area contributed by atoms with Crippen molar-refractivity contribution >= 4 is 72.6 Å². The van der Waals surface area contributed by atoms with Crippen molar-refractivity contribution in [3.63, 3.8) is 0 Å². The number of nitrogens with one attached hydrogen (secondary N) is 4. The van der Waals surface area contributed by atoms with E-state index in [2.05, 4.69) is 26.3 Å². The molecule has 12 unspecified atom stereocenters. The van der Waals surface area contributed by atoms with Crippen LogP contribution in [0.1, 0.15) is 173 Å². The summed E-state index contributed by atoms with van der Waals surface area (Å²) in [5, 5.41) is 23.5. The molecule has 24 nitrogen and oxygen atoms in total. The molecule has 1 aromatic heterocycles. The molecule has 510 valence electrons. The molecule has 90 heavy (non-hydrogen) atoms. The predicted molar refractivity (Wildman–Crippen MR) is 347 cm³/mol. The summed E-state index contributed by atoms with van der Waals surface area (Å²) in [7, 11) is 7.07. The van der Waals surface area contributed by atoms with E-state index in [9.17, 15) is 53.1 Å². The maximum absolute atomic E-state index is 15.1. The topological polar surface area (TPSA) is 320 Å². The molecule has 0 aliphatic rings. The number of carbonyl (C=O) groups is 11. The Bertz CT molecular complexity index is 2550. The highest BCUT2D eigenvalue weighted by Gasteiger charge is 2.48. The van der Waals surface area contributed by atoms with E-state index in [0.29, 0.717) is 50.8 Å². The number of likely N-dealkylation sites (N-methyl/N-ethyl adjacent to an activating group) is 5. The number of aromatic nitrogens is 1. The van der Waals surface area contributed by atoms with Crippen LogP contribution < -0.4 is 27.0 Å². The summed E-state index contributed by atoms with van der Waals surface area (Å²) >= 11 is 0. The SMILES string of the molecule is CCCC(=O)N(C)CC(=O)N(C)C(C=O)(CC(C)C)NC(C=O)CC(C)CNC(CCC)C(=O)NC(C)(C=O)OC(C(=O)N(C)C(C=O)(CC(C)C)NC(CC(C)C)C(=O)N(C)C(C(=O)N(C)C(CC(C)CC=Cc1cccc(C)n1)C(N)=O)C(C)O)C(C)C. The number of nitrogens with zero attached hydrogens (tertiary/aromatic N) is 6. The first kappa shape index (κ1) is 81.7. The lowest BCUT2D eigenvalue weighted by molar-refractivity contribution is -0.176. The molecule has 0 spiro atoms. The van der Waals surface area contributed by atoms with Gasteiger partial charge in [-0.3, -0.25) is 63.6 Å². The van der Waals surface area contributed by atoms with E-state index in [0.717, 1.165) is 26.1 Å². The van der Waals surface area contributed by atoms with Gasteiger partial charge in [-0.15, -0.1) is 0 Å². The number of rotatable bonds is 44. The molecule has 24 heteroatoms. The highest BCUT2D eigenvalue weighted by molar-refractivity contribution is 5.94. The van der Waals surface area contributed by atoms with Gasteiger partial charge >= 0.3 is 0 Å². The van der Waals surface area contributed by atoms with Crippen LogP contribution in [0.15, 0.2) is 24.3 Å². The third-order valence-corrected chi connectivity index (χ3v) is 16.1.